The SMILES string of the molecule is CCOC(=O)c1cc(/C=C\c2cccc([N+](=O)[O-])c2)on1. The third kappa shape index (κ3) is 3.75. The number of nitro benzene ring substituents is 1. The van der Waals surface area contributed by atoms with E-state index in [1.165, 1.54) is 18.2 Å². The molecule has 0 saturated carbocycles. The molecule has 0 fully saturated rings. The zero-order valence-corrected chi connectivity index (χ0v) is 11.2. The Labute approximate surface area is 120 Å². The van der Waals surface area contributed by atoms with Gasteiger partial charge in [0.1, 0.15) is 0 Å². The molecule has 0 aliphatic carbocycles. The van der Waals surface area contributed by atoms with Crippen molar-refractivity contribution in [2.24, 2.45) is 0 Å². The highest BCUT2D eigenvalue weighted by Gasteiger charge is 2.12. The first-order chi connectivity index (χ1) is 10.1. The average Bonchev–Trinajstić information content (AvgIpc) is 2.95. The van der Waals surface area contributed by atoms with E-state index >= 15 is 0 Å². The fourth-order valence-corrected chi connectivity index (χ4v) is 1.59. The summed E-state index contributed by atoms with van der Waals surface area (Å²) in [5, 5.41) is 14.3. The van der Waals surface area contributed by atoms with E-state index in [0.717, 1.165) is 0 Å². The van der Waals surface area contributed by atoms with Gasteiger partial charge in [-0.25, -0.2) is 4.79 Å². The number of carbonyl (C=O) groups is 1. The number of hydrogen-bond donors (Lipinski definition) is 0. The lowest BCUT2D eigenvalue weighted by molar-refractivity contribution is -0.384. The van der Waals surface area contributed by atoms with Crippen molar-refractivity contribution in [2.75, 3.05) is 6.61 Å². The topological polar surface area (TPSA) is 95.5 Å². The number of benzene rings is 1. The van der Waals surface area contributed by atoms with Crippen molar-refractivity contribution in [3.8, 4) is 0 Å². The number of nitro groups is 1. The van der Waals surface area contributed by atoms with Crippen LogP contribution < -0.4 is 0 Å². The number of ether oxygens (including phenoxy) is 1. The molecule has 0 atom stereocenters. The van der Waals surface area contributed by atoms with Crippen LogP contribution in [-0.4, -0.2) is 22.7 Å². The number of aromatic nitrogens is 1. The second-order valence-corrected chi connectivity index (χ2v) is 4.02. The molecule has 2 rings (SSSR count). The highest BCUT2D eigenvalue weighted by molar-refractivity contribution is 5.87. The molecule has 21 heavy (non-hydrogen) atoms. The summed E-state index contributed by atoms with van der Waals surface area (Å²) < 4.78 is 9.75. The molecule has 7 nitrogen and oxygen atoms in total. The van der Waals surface area contributed by atoms with E-state index in [9.17, 15) is 14.9 Å². The molecule has 7 heteroatoms. The predicted octanol–water partition coefficient (Wildman–Crippen LogP) is 2.93. The van der Waals surface area contributed by atoms with E-state index in [0.29, 0.717) is 11.3 Å². The van der Waals surface area contributed by atoms with Gasteiger partial charge in [-0.15, -0.1) is 0 Å². The Hall–Kier alpha value is -2.96. The molecule has 0 bridgehead atoms. The summed E-state index contributed by atoms with van der Waals surface area (Å²) in [7, 11) is 0. The van der Waals surface area contributed by atoms with Crippen LogP contribution in [0.2, 0.25) is 0 Å². The van der Waals surface area contributed by atoms with E-state index in [4.69, 9.17) is 9.26 Å². The molecule has 0 spiro atoms. The lowest BCUT2D eigenvalue weighted by Crippen LogP contribution is -2.04. The van der Waals surface area contributed by atoms with Gasteiger partial charge in [0.15, 0.2) is 11.5 Å². The van der Waals surface area contributed by atoms with Crippen LogP contribution in [0.1, 0.15) is 28.7 Å². The molecule has 0 aliphatic heterocycles. The fourth-order valence-electron chi connectivity index (χ4n) is 1.59. The van der Waals surface area contributed by atoms with E-state index < -0.39 is 10.9 Å². The molecule has 0 N–H and O–H groups in total. The van der Waals surface area contributed by atoms with Crippen LogP contribution in [0.25, 0.3) is 12.2 Å². The Morgan fingerprint density at radius 3 is 2.95 bits per heavy atom. The largest absolute Gasteiger partial charge is 0.461 e. The molecular weight excluding hydrogens is 276 g/mol. The zero-order valence-electron chi connectivity index (χ0n) is 11.2. The van der Waals surface area contributed by atoms with Crippen LogP contribution in [-0.2, 0) is 4.74 Å². The first-order valence-electron chi connectivity index (χ1n) is 6.16. The van der Waals surface area contributed by atoms with Crippen molar-refractivity contribution in [1.29, 1.82) is 0 Å². The van der Waals surface area contributed by atoms with E-state index in [-0.39, 0.29) is 18.0 Å². The van der Waals surface area contributed by atoms with E-state index in [1.54, 1.807) is 31.2 Å². The minimum Gasteiger partial charge on any atom is -0.461 e. The second kappa shape index (κ2) is 6.47. The van der Waals surface area contributed by atoms with Crippen LogP contribution in [0.3, 0.4) is 0 Å². The highest BCUT2D eigenvalue weighted by atomic mass is 16.6. The monoisotopic (exact) mass is 288 g/mol. The summed E-state index contributed by atoms with van der Waals surface area (Å²) in [5.41, 5.74) is 0.718. The fraction of sp³-hybridized carbons (Fsp3) is 0.143. The molecule has 0 radical (unpaired) electrons. The van der Waals surface area contributed by atoms with Gasteiger partial charge in [0, 0.05) is 18.2 Å². The Morgan fingerprint density at radius 2 is 2.24 bits per heavy atom. The van der Waals surface area contributed by atoms with Crippen molar-refractivity contribution in [3.05, 3.63) is 57.5 Å². The number of hydrogen-bond acceptors (Lipinski definition) is 6. The summed E-state index contributed by atoms with van der Waals surface area (Å²) >= 11 is 0. The smallest absolute Gasteiger partial charge is 0.360 e. The van der Waals surface area contributed by atoms with Crippen molar-refractivity contribution in [3.63, 3.8) is 0 Å². The Kier molecular flexibility index (Phi) is 4.45. The van der Waals surface area contributed by atoms with Gasteiger partial charge in [0.25, 0.3) is 5.69 Å². The maximum absolute atomic E-state index is 11.4. The summed E-state index contributed by atoms with van der Waals surface area (Å²) in [4.78, 5) is 21.6. The molecular formula is C14H12N2O5. The molecule has 1 aromatic heterocycles. The lowest BCUT2D eigenvalue weighted by Gasteiger charge is -1.94. The highest BCUT2D eigenvalue weighted by Crippen LogP contribution is 2.16. The normalized spacial score (nSPS) is 10.7. The molecule has 0 amide bonds. The Morgan fingerprint density at radius 1 is 1.43 bits per heavy atom. The van der Waals surface area contributed by atoms with Gasteiger partial charge in [-0.05, 0) is 18.6 Å². The maximum Gasteiger partial charge on any atom is 0.360 e. The molecule has 108 valence electrons. The number of nitrogens with zero attached hydrogens (tertiary/aromatic N) is 2. The van der Waals surface area contributed by atoms with Crippen LogP contribution in [0.4, 0.5) is 5.69 Å². The van der Waals surface area contributed by atoms with Crippen molar-refractivity contribution >= 4 is 23.8 Å². The first-order valence-corrected chi connectivity index (χ1v) is 6.16. The van der Waals surface area contributed by atoms with Crippen LogP contribution in [0.5, 0.6) is 0 Å². The van der Waals surface area contributed by atoms with Gasteiger partial charge < -0.3 is 9.26 Å². The minimum atomic E-state index is -0.559. The van der Waals surface area contributed by atoms with Crippen LogP contribution >= 0.6 is 0 Å². The summed E-state index contributed by atoms with van der Waals surface area (Å²) in [5.74, 6) is -0.208. The third-order valence-electron chi connectivity index (χ3n) is 2.53. The molecule has 1 aromatic carbocycles. The van der Waals surface area contributed by atoms with Gasteiger partial charge in [-0.3, -0.25) is 10.1 Å². The van der Waals surface area contributed by atoms with Crippen molar-refractivity contribution < 1.29 is 19.0 Å². The zero-order chi connectivity index (χ0) is 15.2. The Bertz CT molecular complexity index is 690. The summed E-state index contributed by atoms with van der Waals surface area (Å²) in [6.07, 6.45) is 3.19. The van der Waals surface area contributed by atoms with Crippen molar-refractivity contribution in [1.82, 2.24) is 5.16 Å². The molecule has 0 aliphatic rings. The van der Waals surface area contributed by atoms with Crippen molar-refractivity contribution in [2.45, 2.75) is 6.92 Å². The minimum absolute atomic E-state index is 0.00179. The van der Waals surface area contributed by atoms with Gasteiger partial charge in [-0.1, -0.05) is 23.4 Å². The predicted molar refractivity (Wildman–Crippen MR) is 74.5 cm³/mol. The number of esters is 1. The van der Waals surface area contributed by atoms with Gasteiger partial charge in [0.05, 0.1) is 11.5 Å². The quantitative estimate of drug-likeness (QED) is 0.477. The molecule has 0 unspecified atom stereocenters. The molecule has 2 aromatic rings. The van der Waals surface area contributed by atoms with Crippen LogP contribution in [0, 0.1) is 10.1 Å². The third-order valence-corrected chi connectivity index (χ3v) is 2.53. The lowest BCUT2D eigenvalue weighted by atomic mass is 10.2. The first kappa shape index (κ1) is 14.4. The number of non-ortho nitro benzene ring substituents is 1. The summed E-state index contributed by atoms with van der Waals surface area (Å²) in [6.45, 7) is 1.95. The number of rotatable bonds is 5. The van der Waals surface area contributed by atoms with Gasteiger partial charge >= 0.3 is 5.97 Å². The van der Waals surface area contributed by atoms with Gasteiger partial charge in [-0.2, -0.15) is 0 Å². The van der Waals surface area contributed by atoms with E-state index in [2.05, 4.69) is 5.16 Å². The summed E-state index contributed by atoms with van der Waals surface area (Å²) in [6, 6.07) is 7.57. The van der Waals surface area contributed by atoms with E-state index in [1.807, 2.05) is 0 Å². The van der Waals surface area contributed by atoms with Crippen LogP contribution in [0.15, 0.2) is 34.9 Å². The molecule has 0 saturated heterocycles. The Balaban J connectivity index is 2.13. The average molecular weight is 288 g/mol. The van der Waals surface area contributed by atoms with Gasteiger partial charge in [0.2, 0.25) is 0 Å². The number of carbonyl (C=O) groups excluding carboxylic acids is 1. The molecule has 1 heterocycles. The second-order valence-electron chi connectivity index (χ2n) is 4.02. The maximum atomic E-state index is 11.4. The standard InChI is InChI=1S/C14H12N2O5/c1-2-20-14(17)13-9-12(21-15-13)7-6-10-4-3-5-11(8-10)16(18)19/h3-9H,2H2,1H3/b7-6-.